The second-order valence-electron chi connectivity index (χ2n) is 4.09. The normalized spacial score (nSPS) is 11.0. The number of carbonyl (C=O) groups is 1. The first kappa shape index (κ1) is 13.3. The second-order valence-corrected chi connectivity index (χ2v) is 4.70. The van der Waals surface area contributed by atoms with Gasteiger partial charge in [-0.3, -0.25) is 9.36 Å². The summed E-state index contributed by atoms with van der Waals surface area (Å²) in [5.41, 5.74) is -1.45. The van der Waals surface area contributed by atoms with E-state index in [1.54, 1.807) is 0 Å². The number of fused-ring (bicyclic) bond motifs is 1. The summed E-state index contributed by atoms with van der Waals surface area (Å²) in [4.78, 5) is 23.2. The van der Waals surface area contributed by atoms with Crippen molar-refractivity contribution >= 4 is 28.4 Å². The fourth-order valence-electron chi connectivity index (χ4n) is 1.93. The molecule has 3 rings (SSSR count). The average Bonchev–Trinajstić information content (AvgIpc) is 2.95. The predicted octanol–water partition coefficient (Wildman–Crippen LogP) is 1.82. The third-order valence-electron chi connectivity index (χ3n) is 2.87. The fraction of sp³-hybridized carbons (Fsp3) is 0. The second kappa shape index (κ2) is 4.70. The summed E-state index contributed by atoms with van der Waals surface area (Å²) in [5, 5.41) is 14.0. The molecule has 0 bridgehead atoms. The van der Waals surface area contributed by atoms with Crippen LogP contribution in [0.4, 0.5) is 8.78 Å². The van der Waals surface area contributed by atoms with Gasteiger partial charge < -0.3 is 5.11 Å². The molecule has 1 N–H and O–H groups in total. The standard InChI is InChI=1S/C12H5F2N3O3S/c13-7-1-5-9(2-8(7)14)17(10-4-21-16-15-10)3-6(11(5)18)12(19)20/h1-4H,(H,19,20). The van der Waals surface area contributed by atoms with E-state index >= 15 is 0 Å². The van der Waals surface area contributed by atoms with E-state index in [0.29, 0.717) is 6.07 Å². The van der Waals surface area contributed by atoms with Crippen molar-refractivity contribution in [3.05, 3.63) is 51.1 Å². The molecule has 21 heavy (non-hydrogen) atoms. The number of aromatic carboxylic acids is 1. The Labute approximate surface area is 119 Å². The summed E-state index contributed by atoms with van der Waals surface area (Å²) in [6.07, 6.45) is 1.01. The van der Waals surface area contributed by atoms with Crippen molar-refractivity contribution in [2.24, 2.45) is 0 Å². The zero-order valence-corrected chi connectivity index (χ0v) is 10.9. The van der Waals surface area contributed by atoms with Crippen molar-refractivity contribution < 1.29 is 18.7 Å². The summed E-state index contributed by atoms with van der Waals surface area (Å²) in [6, 6.07) is 1.49. The number of carboxylic acids is 1. The lowest BCUT2D eigenvalue weighted by Gasteiger charge is -2.09. The fourth-order valence-corrected chi connectivity index (χ4v) is 2.36. The van der Waals surface area contributed by atoms with Crippen LogP contribution in [-0.4, -0.2) is 25.2 Å². The molecule has 0 saturated carbocycles. The van der Waals surface area contributed by atoms with Gasteiger partial charge in [-0.2, -0.15) is 0 Å². The smallest absolute Gasteiger partial charge is 0.341 e. The Bertz CT molecular complexity index is 922. The van der Waals surface area contributed by atoms with Gasteiger partial charge in [-0.15, -0.1) is 5.10 Å². The van der Waals surface area contributed by atoms with Crippen LogP contribution < -0.4 is 5.43 Å². The Hall–Kier alpha value is -2.68. The summed E-state index contributed by atoms with van der Waals surface area (Å²) in [7, 11) is 0. The van der Waals surface area contributed by atoms with Crippen LogP contribution in [0.15, 0.2) is 28.5 Å². The SMILES string of the molecule is O=C(O)c1cn(-c2csnn2)c2cc(F)c(F)cc2c1=O. The predicted molar refractivity (Wildman–Crippen MR) is 69.9 cm³/mol. The van der Waals surface area contributed by atoms with E-state index in [-0.39, 0.29) is 16.7 Å². The molecule has 2 heterocycles. The van der Waals surface area contributed by atoms with Crippen LogP contribution in [0, 0.1) is 11.6 Å². The van der Waals surface area contributed by atoms with E-state index in [1.165, 1.54) is 9.95 Å². The molecular formula is C12H5F2N3O3S. The molecule has 106 valence electrons. The van der Waals surface area contributed by atoms with Gasteiger partial charge in [0.25, 0.3) is 0 Å². The van der Waals surface area contributed by atoms with Gasteiger partial charge in [-0.25, -0.2) is 13.6 Å². The Kier molecular flexibility index (Phi) is 2.98. The van der Waals surface area contributed by atoms with E-state index in [1.807, 2.05) is 0 Å². The Morgan fingerprint density at radius 1 is 1.29 bits per heavy atom. The highest BCUT2D eigenvalue weighted by molar-refractivity contribution is 7.03. The number of benzene rings is 1. The minimum atomic E-state index is -1.47. The highest BCUT2D eigenvalue weighted by atomic mass is 32.1. The highest BCUT2D eigenvalue weighted by Gasteiger charge is 2.18. The van der Waals surface area contributed by atoms with Crippen LogP contribution in [0.3, 0.4) is 0 Å². The molecule has 0 unspecified atom stereocenters. The van der Waals surface area contributed by atoms with Crippen molar-refractivity contribution in [2.75, 3.05) is 0 Å². The zero-order valence-electron chi connectivity index (χ0n) is 10.1. The first-order valence-electron chi connectivity index (χ1n) is 5.54. The molecular weight excluding hydrogens is 304 g/mol. The number of nitrogens with zero attached hydrogens (tertiary/aromatic N) is 3. The molecule has 2 aromatic heterocycles. The van der Waals surface area contributed by atoms with Crippen LogP contribution in [0.25, 0.3) is 16.7 Å². The molecule has 0 fully saturated rings. The van der Waals surface area contributed by atoms with Gasteiger partial charge in [-0.1, -0.05) is 4.49 Å². The van der Waals surface area contributed by atoms with Gasteiger partial charge in [0.05, 0.1) is 16.3 Å². The Morgan fingerprint density at radius 3 is 2.62 bits per heavy atom. The monoisotopic (exact) mass is 309 g/mol. The molecule has 1 aromatic carbocycles. The quantitative estimate of drug-likeness (QED) is 0.780. The lowest BCUT2D eigenvalue weighted by molar-refractivity contribution is 0.0695. The van der Waals surface area contributed by atoms with Crippen molar-refractivity contribution in [2.45, 2.75) is 0 Å². The molecule has 0 spiro atoms. The van der Waals surface area contributed by atoms with Crippen LogP contribution in [0.2, 0.25) is 0 Å². The lowest BCUT2D eigenvalue weighted by Crippen LogP contribution is -2.19. The summed E-state index contributed by atoms with van der Waals surface area (Å²) in [6.45, 7) is 0. The van der Waals surface area contributed by atoms with Gasteiger partial charge in [0.2, 0.25) is 5.43 Å². The highest BCUT2D eigenvalue weighted by Crippen LogP contribution is 2.20. The number of hydrogen-bond donors (Lipinski definition) is 1. The maximum atomic E-state index is 13.4. The molecule has 9 heteroatoms. The Morgan fingerprint density at radius 2 is 2.00 bits per heavy atom. The Balaban J connectivity index is 2.51. The van der Waals surface area contributed by atoms with E-state index in [4.69, 9.17) is 5.11 Å². The van der Waals surface area contributed by atoms with Crippen molar-refractivity contribution in [3.8, 4) is 5.82 Å². The summed E-state index contributed by atoms with van der Waals surface area (Å²) in [5.74, 6) is -3.64. The number of hydrogen-bond acceptors (Lipinski definition) is 5. The summed E-state index contributed by atoms with van der Waals surface area (Å²) >= 11 is 0.993. The number of pyridine rings is 1. The van der Waals surface area contributed by atoms with E-state index < -0.39 is 28.6 Å². The largest absolute Gasteiger partial charge is 0.477 e. The topological polar surface area (TPSA) is 85.1 Å². The van der Waals surface area contributed by atoms with Gasteiger partial charge >= 0.3 is 5.97 Å². The minimum absolute atomic E-state index is 0.0107. The van der Waals surface area contributed by atoms with Gasteiger partial charge in [0.1, 0.15) is 5.56 Å². The van der Waals surface area contributed by atoms with E-state index in [2.05, 4.69) is 9.59 Å². The van der Waals surface area contributed by atoms with Crippen molar-refractivity contribution in [1.29, 1.82) is 0 Å². The lowest BCUT2D eigenvalue weighted by atomic mass is 10.1. The van der Waals surface area contributed by atoms with E-state index in [0.717, 1.165) is 23.8 Å². The molecule has 3 aromatic rings. The molecule has 0 aliphatic heterocycles. The van der Waals surface area contributed by atoms with Gasteiger partial charge in [0.15, 0.2) is 17.5 Å². The number of rotatable bonds is 2. The number of halogens is 2. The molecule has 6 nitrogen and oxygen atoms in total. The van der Waals surface area contributed by atoms with Crippen LogP contribution in [0.5, 0.6) is 0 Å². The van der Waals surface area contributed by atoms with Gasteiger partial charge in [0, 0.05) is 12.3 Å². The number of aromatic nitrogens is 3. The first-order valence-corrected chi connectivity index (χ1v) is 6.38. The summed E-state index contributed by atoms with van der Waals surface area (Å²) < 4.78 is 31.6. The molecule has 0 aliphatic carbocycles. The molecule has 0 atom stereocenters. The number of carboxylic acid groups (broad SMARTS) is 1. The minimum Gasteiger partial charge on any atom is -0.477 e. The molecule has 0 amide bonds. The molecule has 0 aliphatic rings. The van der Waals surface area contributed by atoms with Crippen molar-refractivity contribution in [1.82, 2.24) is 14.2 Å². The first-order chi connectivity index (χ1) is 9.99. The average molecular weight is 309 g/mol. The van der Waals surface area contributed by atoms with Crippen LogP contribution in [-0.2, 0) is 0 Å². The molecule has 0 saturated heterocycles. The zero-order chi connectivity index (χ0) is 15.1. The maximum absolute atomic E-state index is 13.4. The van der Waals surface area contributed by atoms with Crippen LogP contribution in [0.1, 0.15) is 10.4 Å². The molecule has 0 radical (unpaired) electrons. The third-order valence-corrected chi connectivity index (χ3v) is 3.36. The van der Waals surface area contributed by atoms with Gasteiger partial charge in [-0.05, 0) is 17.6 Å². The maximum Gasteiger partial charge on any atom is 0.341 e. The van der Waals surface area contributed by atoms with E-state index in [9.17, 15) is 18.4 Å². The van der Waals surface area contributed by atoms with Crippen LogP contribution >= 0.6 is 11.5 Å². The third kappa shape index (κ3) is 2.07. The van der Waals surface area contributed by atoms with Crippen molar-refractivity contribution in [3.63, 3.8) is 0 Å².